The highest BCUT2D eigenvalue weighted by molar-refractivity contribution is 7.91. The maximum Gasteiger partial charge on any atom is 0.151 e. The van der Waals surface area contributed by atoms with Crippen LogP contribution in [0.15, 0.2) is 0 Å². The minimum absolute atomic E-state index is 0.505. The molecule has 0 aromatic carbocycles. The fraction of sp³-hybridized carbons (Fsp3) is 0.647. The van der Waals surface area contributed by atoms with Crippen molar-refractivity contribution < 1.29 is 4.55 Å². The molecule has 5 nitrogen and oxygen atoms in total. The highest BCUT2D eigenvalue weighted by Gasteiger charge is 2.15. The Labute approximate surface area is 141 Å². The Kier molecular flexibility index (Phi) is 6.30. The highest BCUT2D eigenvalue weighted by atomic mass is 32.2. The van der Waals surface area contributed by atoms with Gasteiger partial charge < -0.3 is 14.9 Å². The van der Waals surface area contributed by atoms with Crippen LogP contribution in [0.4, 0.5) is 5.82 Å². The average molecular weight is 337 g/mol. The van der Waals surface area contributed by atoms with Gasteiger partial charge in [0.15, 0.2) is 5.82 Å². The second-order valence-corrected chi connectivity index (χ2v) is 7.82. The fourth-order valence-electron chi connectivity index (χ4n) is 2.83. The van der Waals surface area contributed by atoms with E-state index in [4.69, 9.17) is 5.73 Å². The summed E-state index contributed by atoms with van der Waals surface area (Å²) in [5, 5.41) is 0. The molecule has 0 amide bonds. The number of pyridine rings is 1. The van der Waals surface area contributed by atoms with E-state index in [1.54, 1.807) is 0 Å². The molecule has 2 rings (SSSR count). The summed E-state index contributed by atoms with van der Waals surface area (Å²) in [7, 11) is 0. The maximum absolute atomic E-state index is 11.9. The van der Waals surface area contributed by atoms with Gasteiger partial charge in [0.1, 0.15) is 22.8 Å². The van der Waals surface area contributed by atoms with Crippen LogP contribution in [0.25, 0.3) is 11.0 Å². The van der Waals surface area contributed by atoms with Gasteiger partial charge >= 0.3 is 0 Å². The topological polar surface area (TPSA) is 79.8 Å². The maximum atomic E-state index is 11.9. The van der Waals surface area contributed by atoms with Crippen molar-refractivity contribution >= 4 is 28.0 Å². The standard InChI is InChI=1S/C17H28N4OS/c1-5-6-10-23(22)11-8-7-9-21-14(4)20-15-16(21)12(2)13(3)19-17(15)18/h5-11H2,1-4H3,(H2,18,19). The lowest BCUT2D eigenvalue weighted by Crippen LogP contribution is -2.12. The van der Waals surface area contributed by atoms with Gasteiger partial charge in [-0.15, -0.1) is 0 Å². The molecule has 128 valence electrons. The Balaban J connectivity index is 2.05. The van der Waals surface area contributed by atoms with E-state index >= 15 is 0 Å². The van der Waals surface area contributed by atoms with Gasteiger partial charge in [-0.3, -0.25) is 0 Å². The zero-order chi connectivity index (χ0) is 17.0. The number of imidazole rings is 1. The van der Waals surface area contributed by atoms with Crippen molar-refractivity contribution in [1.29, 1.82) is 0 Å². The predicted octanol–water partition coefficient (Wildman–Crippen LogP) is 3.27. The van der Waals surface area contributed by atoms with Crippen molar-refractivity contribution in [3.63, 3.8) is 0 Å². The number of hydrogen-bond donors (Lipinski definition) is 1. The lowest BCUT2D eigenvalue weighted by atomic mass is 10.2. The number of nitrogen functional groups attached to an aromatic ring is 1. The molecule has 0 aliphatic rings. The van der Waals surface area contributed by atoms with Gasteiger partial charge in [0.2, 0.25) is 0 Å². The second-order valence-electron chi connectivity index (χ2n) is 6.12. The second kappa shape index (κ2) is 8.02. The summed E-state index contributed by atoms with van der Waals surface area (Å²) >= 11 is -0.667. The molecule has 0 radical (unpaired) electrons. The first-order valence-electron chi connectivity index (χ1n) is 8.40. The quantitative estimate of drug-likeness (QED) is 0.592. The van der Waals surface area contributed by atoms with Crippen LogP contribution in [-0.2, 0) is 17.7 Å². The van der Waals surface area contributed by atoms with Gasteiger partial charge in [-0.05, 0) is 45.6 Å². The third-order valence-corrected chi connectivity index (χ3v) is 5.80. The minimum Gasteiger partial charge on any atom is -0.616 e. The Morgan fingerprint density at radius 2 is 1.78 bits per heavy atom. The summed E-state index contributed by atoms with van der Waals surface area (Å²) in [4.78, 5) is 8.95. The molecule has 0 aliphatic heterocycles. The number of aromatic nitrogens is 3. The summed E-state index contributed by atoms with van der Waals surface area (Å²) < 4.78 is 14.1. The lowest BCUT2D eigenvalue weighted by molar-refractivity contribution is 0.579. The van der Waals surface area contributed by atoms with Crippen molar-refractivity contribution in [3.05, 3.63) is 17.1 Å². The van der Waals surface area contributed by atoms with Gasteiger partial charge in [0.25, 0.3) is 0 Å². The molecule has 2 aromatic rings. The molecular weight excluding hydrogens is 308 g/mol. The van der Waals surface area contributed by atoms with E-state index in [9.17, 15) is 4.55 Å². The smallest absolute Gasteiger partial charge is 0.151 e. The zero-order valence-corrected chi connectivity index (χ0v) is 15.5. The first-order valence-corrected chi connectivity index (χ1v) is 9.89. The molecule has 23 heavy (non-hydrogen) atoms. The van der Waals surface area contributed by atoms with E-state index in [1.807, 2.05) is 13.8 Å². The summed E-state index contributed by atoms with van der Waals surface area (Å²) in [6.45, 7) is 9.08. The fourth-order valence-corrected chi connectivity index (χ4v) is 4.17. The number of fused-ring (bicyclic) bond motifs is 1. The molecule has 2 heterocycles. The van der Waals surface area contributed by atoms with Crippen molar-refractivity contribution in [1.82, 2.24) is 14.5 Å². The van der Waals surface area contributed by atoms with Crippen LogP contribution in [0.5, 0.6) is 0 Å². The third-order valence-electron chi connectivity index (χ3n) is 4.32. The Morgan fingerprint density at radius 3 is 2.48 bits per heavy atom. The van der Waals surface area contributed by atoms with Crippen LogP contribution >= 0.6 is 0 Å². The van der Waals surface area contributed by atoms with Gasteiger partial charge in [-0.25, -0.2) is 9.97 Å². The highest BCUT2D eigenvalue weighted by Crippen LogP contribution is 2.26. The first-order chi connectivity index (χ1) is 11.0. The molecule has 2 N–H and O–H groups in total. The summed E-state index contributed by atoms with van der Waals surface area (Å²) in [5.74, 6) is 3.11. The Bertz CT molecular complexity index is 668. The Morgan fingerprint density at radius 1 is 1.09 bits per heavy atom. The number of nitrogens with two attached hydrogens (primary N) is 1. The molecule has 0 bridgehead atoms. The lowest BCUT2D eigenvalue weighted by Gasteiger charge is -2.12. The van der Waals surface area contributed by atoms with Gasteiger partial charge in [0, 0.05) is 12.2 Å². The van der Waals surface area contributed by atoms with Crippen LogP contribution in [0.3, 0.4) is 0 Å². The van der Waals surface area contributed by atoms with Crippen molar-refractivity contribution in [2.45, 2.75) is 59.9 Å². The van der Waals surface area contributed by atoms with E-state index in [1.165, 1.54) is 0 Å². The van der Waals surface area contributed by atoms with Crippen LogP contribution in [0.2, 0.25) is 0 Å². The van der Waals surface area contributed by atoms with E-state index in [0.717, 1.165) is 71.8 Å². The largest absolute Gasteiger partial charge is 0.616 e. The van der Waals surface area contributed by atoms with Crippen LogP contribution in [-0.4, -0.2) is 30.6 Å². The number of unbranched alkanes of at least 4 members (excludes halogenated alkanes) is 2. The predicted molar refractivity (Wildman–Crippen MR) is 98.2 cm³/mol. The monoisotopic (exact) mass is 336 g/mol. The number of rotatable bonds is 8. The van der Waals surface area contributed by atoms with Crippen molar-refractivity contribution in [2.24, 2.45) is 0 Å². The summed E-state index contributed by atoms with van der Waals surface area (Å²) in [6.07, 6.45) is 4.15. The molecule has 0 saturated carbocycles. The number of nitrogens with zero attached hydrogens (tertiary/aromatic N) is 3. The Hall–Kier alpha value is -1.27. The molecule has 1 atom stereocenters. The number of hydrogen-bond acceptors (Lipinski definition) is 4. The van der Waals surface area contributed by atoms with Gasteiger partial charge in [-0.2, -0.15) is 0 Å². The molecule has 1 unspecified atom stereocenters. The number of aryl methyl sites for hydroxylation is 4. The van der Waals surface area contributed by atoms with Crippen LogP contribution in [0.1, 0.15) is 49.7 Å². The van der Waals surface area contributed by atoms with E-state index in [0.29, 0.717) is 5.82 Å². The molecule has 0 spiro atoms. The molecule has 0 fully saturated rings. The number of anilines is 1. The summed E-state index contributed by atoms with van der Waals surface area (Å²) in [6, 6.07) is 0. The van der Waals surface area contributed by atoms with Crippen LogP contribution in [0, 0.1) is 20.8 Å². The first kappa shape index (κ1) is 18.1. The SMILES string of the molecule is CCCC[S+]([O-])CCCCn1c(C)nc2c(N)nc(C)c(C)c21. The van der Waals surface area contributed by atoms with Crippen LogP contribution < -0.4 is 5.73 Å². The van der Waals surface area contributed by atoms with E-state index < -0.39 is 11.2 Å². The molecule has 6 heteroatoms. The van der Waals surface area contributed by atoms with E-state index in [2.05, 4.69) is 28.4 Å². The third kappa shape index (κ3) is 4.18. The van der Waals surface area contributed by atoms with Gasteiger partial charge in [0.05, 0.1) is 5.52 Å². The minimum atomic E-state index is -0.667. The van der Waals surface area contributed by atoms with Gasteiger partial charge in [-0.1, -0.05) is 24.5 Å². The molecule has 0 saturated heterocycles. The molecular formula is C17H28N4OS. The van der Waals surface area contributed by atoms with Crippen molar-refractivity contribution in [2.75, 3.05) is 17.2 Å². The summed E-state index contributed by atoms with van der Waals surface area (Å²) in [5.41, 5.74) is 10.0. The normalized spacial score (nSPS) is 12.9. The zero-order valence-electron chi connectivity index (χ0n) is 14.7. The van der Waals surface area contributed by atoms with E-state index in [-0.39, 0.29) is 0 Å². The molecule has 2 aromatic heterocycles. The van der Waals surface area contributed by atoms with Crippen molar-refractivity contribution in [3.8, 4) is 0 Å². The average Bonchev–Trinajstić information content (AvgIpc) is 2.84. The molecule has 0 aliphatic carbocycles.